The smallest absolute Gasteiger partial charge is 0.00104 e. The van der Waals surface area contributed by atoms with Crippen LogP contribution in [0.15, 0.2) is 24.3 Å². The van der Waals surface area contributed by atoms with E-state index in [-0.39, 0.29) is 0 Å². The third kappa shape index (κ3) is 1.67. The van der Waals surface area contributed by atoms with Gasteiger partial charge in [0, 0.05) is 6.04 Å². The van der Waals surface area contributed by atoms with Crippen molar-refractivity contribution in [3.05, 3.63) is 35.4 Å². The SMILES string of the molecule is CC(C)NCC1CC12Cc1ccccc1C2. The highest BCUT2D eigenvalue weighted by Gasteiger charge is 2.55. The van der Waals surface area contributed by atoms with E-state index in [1.807, 2.05) is 0 Å². The fourth-order valence-corrected chi connectivity index (χ4v) is 3.25. The summed E-state index contributed by atoms with van der Waals surface area (Å²) in [6.07, 6.45) is 4.09. The number of nitrogens with one attached hydrogen (secondary N) is 1. The number of rotatable bonds is 3. The molecule has 86 valence electrons. The first-order valence-corrected chi connectivity index (χ1v) is 6.50. The minimum Gasteiger partial charge on any atom is -0.314 e. The predicted octanol–water partition coefficient (Wildman–Crippen LogP) is 2.79. The van der Waals surface area contributed by atoms with Gasteiger partial charge in [0.1, 0.15) is 0 Å². The van der Waals surface area contributed by atoms with Gasteiger partial charge in [-0.1, -0.05) is 38.1 Å². The topological polar surface area (TPSA) is 12.0 Å². The van der Waals surface area contributed by atoms with Crippen molar-refractivity contribution < 1.29 is 0 Å². The molecule has 0 heterocycles. The van der Waals surface area contributed by atoms with Crippen molar-refractivity contribution in [2.75, 3.05) is 6.54 Å². The van der Waals surface area contributed by atoms with Crippen molar-refractivity contribution >= 4 is 0 Å². The van der Waals surface area contributed by atoms with Gasteiger partial charge in [0.15, 0.2) is 0 Å². The molecule has 1 heteroatoms. The standard InChI is InChI=1S/C15H21N/c1-11(2)16-10-14-9-15(14)7-12-5-3-4-6-13(12)8-15/h3-6,11,14,16H,7-10H2,1-2H3. The van der Waals surface area contributed by atoms with Gasteiger partial charge < -0.3 is 5.32 Å². The number of hydrogen-bond donors (Lipinski definition) is 1. The second-order valence-corrected chi connectivity index (χ2v) is 5.95. The van der Waals surface area contributed by atoms with E-state index in [0.717, 1.165) is 5.92 Å². The highest BCUT2D eigenvalue weighted by molar-refractivity contribution is 5.37. The Morgan fingerprint density at radius 2 is 1.88 bits per heavy atom. The maximum absolute atomic E-state index is 3.59. The minimum atomic E-state index is 0.626. The summed E-state index contributed by atoms with van der Waals surface area (Å²) in [4.78, 5) is 0. The van der Waals surface area contributed by atoms with Gasteiger partial charge in [-0.25, -0.2) is 0 Å². The van der Waals surface area contributed by atoms with Crippen molar-refractivity contribution in [1.29, 1.82) is 0 Å². The molecule has 1 atom stereocenters. The third-order valence-corrected chi connectivity index (χ3v) is 4.33. The summed E-state index contributed by atoms with van der Waals surface area (Å²) in [5.41, 5.74) is 3.86. The van der Waals surface area contributed by atoms with Crippen LogP contribution in [0.5, 0.6) is 0 Å². The van der Waals surface area contributed by atoms with E-state index in [2.05, 4.69) is 43.4 Å². The summed E-state index contributed by atoms with van der Waals surface area (Å²) in [6, 6.07) is 9.62. The first kappa shape index (κ1) is 10.3. The van der Waals surface area contributed by atoms with E-state index in [0.29, 0.717) is 11.5 Å². The van der Waals surface area contributed by atoms with E-state index < -0.39 is 0 Å². The number of benzene rings is 1. The number of hydrogen-bond acceptors (Lipinski definition) is 1. The second-order valence-electron chi connectivity index (χ2n) is 5.95. The molecule has 1 unspecified atom stereocenters. The zero-order chi connectivity index (χ0) is 11.2. The van der Waals surface area contributed by atoms with Crippen LogP contribution < -0.4 is 5.32 Å². The Balaban J connectivity index is 1.65. The summed E-state index contributed by atoms with van der Waals surface area (Å²) < 4.78 is 0. The van der Waals surface area contributed by atoms with Crippen LogP contribution in [0.3, 0.4) is 0 Å². The molecular formula is C15H21N. The Morgan fingerprint density at radius 1 is 1.25 bits per heavy atom. The average Bonchev–Trinajstić information content (AvgIpc) is 2.76. The summed E-state index contributed by atoms with van der Waals surface area (Å²) in [5, 5.41) is 3.59. The van der Waals surface area contributed by atoms with E-state index in [9.17, 15) is 0 Å². The van der Waals surface area contributed by atoms with Crippen LogP contribution in [0.2, 0.25) is 0 Å². The Morgan fingerprint density at radius 3 is 2.44 bits per heavy atom. The maximum atomic E-state index is 3.59. The molecule has 0 aliphatic heterocycles. The van der Waals surface area contributed by atoms with Crippen molar-refractivity contribution in [1.82, 2.24) is 5.32 Å². The van der Waals surface area contributed by atoms with Crippen LogP contribution >= 0.6 is 0 Å². The monoisotopic (exact) mass is 215 g/mol. The summed E-state index contributed by atoms with van der Waals surface area (Å²) in [7, 11) is 0. The lowest BCUT2D eigenvalue weighted by atomic mass is 10.00. The third-order valence-electron chi connectivity index (χ3n) is 4.33. The van der Waals surface area contributed by atoms with Gasteiger partial charge in [0.25, 0.3) is 0 Å². The molecule has 0 radical (unpaired) electrons. The lowest BCUT2D eigenvalue weighted by Gasteiger charge is -2.11. The minimum absolute atomic E-state index is 0.626. The molecule has 1 aromatic carbocycles. The normalized spacial score (nSPS) is 25.1. The molecule has 0 aromatic heterocycles. The lowest BCUT2D eigenvalue weighted by Crippen LogP contribution is -2.26. The molecule has 1 aromatic rings. The molecule has 1 fully saturated rings. The van der Waals surface area contributed by atoms with Crippen LogP contribution in [-0.4, -0.2) is 12.6 Å². The molecule has 1 saturated carbocycles. The van der Waals surface area contributed by atoms with Gasteiger partial charge in [0.2, 0.25) is 0 Å². The quantitative estimate of drug-likeness (QED) is 0.817. The molecule has 0 bridgehead atoms. The summed E-state index contributed by atoms with van der Waals surface area (Å²) >= 11 is 0. The molecule has 1 spiro atoms. The highest BCUT2D eigenvalue weighted by atomic mass is 14.9. The molecule has 2 aliphatic rings. The Labute approximate surface area is 98.3 Å². The second kappa shape index (κ2) is 3.59. The molecular weight excluding hydrogens is 194 g/mol. The fraction of sp³-hybridized carbons (Fsp3) is 0.600. The molecule has 1 N–H and O–H groups in total. The Kier molecular flexibility index (Phi) is 2.32. The molecule has 0 saturated heterocycles. The summed E-state index contributed by atoms with van der Waals surface area (Å²) in [6.45, 7) is 5.68. The molecule has 0 amide bonds. The first-order valence-electron chi connectivity index (χ1n) is 6.50. The maximum Gasteiger partial charge on any atom is 0.00104 e. The van der Waals surface area contributed by atoms with Gasteiger partial charge in [-0.3, -0.25) is 0 Å². The van der Waals surface area contributed by atoms with Gasteiger partial charge in [-0.15, -0.1) is 0 Å². The van der Waals surface area contributed by atoms with E-state index in [4.69, 9.17) is 0 Å². The van der Waals surface area contributed by atoms with Crippen LogP contribution in [0, 0.1) is 11.3 Å². The predicted molar refractivity (Wildman–Crippen MR) is 67.5 cm³/mol. The molecule has 3 rings (SSSR count). The van der Waals surface area contributed by atoms with Gasteiger partial charge in [-0.2, -0.15) is 0 Å². The number of fused-ring (bicyclic) bond motifs is 1. The fourth-order valence-electron chi connectivity index (χ4n) is 3.25. The highest BCUT2D eigenvalue weighted by Crippen LogP contribution is 2.60. The van der Waals surface area contributed by atoms with Gasteiger partial charge in [-0.05, 0) is 48.3 Å². The zero-order valence-electron chi connectivity index (χ0n) is 10.3. The molecule has 2 aliphatic carbocycles. The van der Waals surface area contributed by atoms with E-state index in [1.54, 1.807) is 11.1 Å². The first-order chi connectivity index (χ1) is 7.70. The van der Waals surface area contributed by atoms with Gasteiger partial charge >= 0.3 is 0 Å². The van der Waals surface area contributed by atoms with Crippen LogP contribution in [0.4, 0.5) is 0 Å². The van der Waals surface area contributed by atoms with E-state index >= 15 is 0 Å². The van der Waals surface area contributed by atoms with Crippen molar-refractivity contribution in [2.45, 2.75) is 39.2 Å². The van der Waals surface area contributed by atoms with Gasteiger partial charge in [0.05, 0.1) is 0 Å². The lowest BCUT2D eigenvalue weighted by molar-refractivity contribution is 0.447. The zero-order valence-corrected chi connectivity index (χ0v) is 10.3. The van der Waals surface area contributed by atoms with E-state index in [1.165, 1.54) is 25.8 Å². The van der Waals surface area contributed by atoms with Crippen LogP contribution in [0.1, 0.15) is 31.4 Å². The Hall–Kier alpha value is -0.820. The largest absolute Gasteiger partial charge is 0.314 e. The van der Waals surface area contributed by atoms with Crippen LogP contribution in [0.25, 0.3) is 0 Å². The van der Waals surface area contributed by atoms with Crippen LogP contribution in [-0.2, 0) is 12.8 Å². The van der Waals surface area contributed by atoms with Crippen molar-refractivity contribution in [3.63, 3.8) is 0 Å². The molecule has 16 heavy (non-hydrogen) atoms. The van der Waals surface area contributed by atoms with Crippen molar-refractivity contribution in [2.24, 2.45) is 11.3 Å². The van der Waals surface area contributed by atoms with Crippen molar-refractivity contribution in [3.8, 4) is 0 Å². The average molecular weight is 215 g/mol. The summed E-state index contributed by atoms with van der Waals surface area (Å²) in [5.74, 6) is 0.919. The Bertz CT molecular complexity index is 369. The molecule has 1 nitrogen and oxygen atoms in total.